The van der Waals surface area contributed by atoms with E-state index in [2.05, 4.69) is 206 Å². The molecule has 1 aliphatic rings. The predicted molar refractivity (Wildman–Crippen MR) is 262 cm³/mol. The Morgan fingerprint density at radius 1 is 0.365 bits per heavy atom. The van der Waals surface area contributed by atoms with Gasteiger partial charge in [0, 0.05) is 5.04 Å². The zero-order chi connectivity index (χ0) is 40.0. The molecular weight excluding hydrogens is 737 g/mol. The van der Waals surface area contributed by atoms with E-state index in [1.807, 2.05) is 0 Å². The van der Waals surface area contributed by atoms with E-state index in [4.69, 9.17) is 0 Å². The van der Waals surface area contributed by atoms with E-state index in [1.165, 1.54) is 11.1 Å². The first kappa shape index (κ1) is 43.4. The number of rotatable bonds is 10. The molecule has 4 rings (SSSR count). The lowest BCUT2D eigenvalue weighted by molar-refractivity contribution is 0.871. The van der Waals surface area contributed by atoms with Gasteiger partial charge < -0.3 is 0 Å². The van der Waals surface area contributed by atoms with Gasteiger partial charge in [-0.1, -0.05) is 228 Å². The maximum Gasteiger partial charge on any atom is 0.161 e. The van der Waals surface area contributed by atoms with E-state index in [0.717, 1.165) is 0 Å². The van der Waals surface area contributed by atoms with Gasteiger partial charge in [0.2, 0.25) is 0 Å². The van der Waals surface area contributed by atoms with Crippen molar-refractivity contribution in [2.24, 2.45) is 0 Å². The fourth-order valence-corrected chi connectivity index (χ4v) is 38.2. The van der Waals surface area contributed by atoms with E-state index >= 15 is 0 Å². The minimum Gasteiger partial charge on any atom is -0.0730 e. The van der Waals surface area contributed by atoms with Crippen LogP contribution in [-0.2, 0) is 0 Å². The van der Waals surface area contributed by atoms with Crippen LogP contribution in [0.3, 0.4) is 0 Å². The third kappa shape index (κ3) is 7.35. The van der Waals surface area contributed by atoms with Crippen LogP contribution >= 0.6 is 0 Å². The van der Waals surface area contributed by atoms with Crippen molar-refractivity contribution in [2.45, 2.75) is 151 Å². The lowest BCUT2D eigenvalue weighted by Gasteiger charge is -2.53. The maximum absolute atomic E-state index is 3.02. The molecule has 0 spiro atoms. The molecular formula is C45H76Si7. The highest BCUT2D eigenvalue weighted by atomic mass is 28.3. The van der Waals surface area contributed by atoms with Crippen LogP contribution in [0.25, 0.3) is 0 Å². The molecule has 1 aliphatic carbocycles. The lowest BCUT2D eigenvalue weighted by Crippen LogP contribution is -2.86. The zero-order valence-electron chi connectivity index (χ0n) is 37.8. The molecule has 3 aromatic carbocycles. The van der Waals surface area contributed by atoms with Gasteiger partial charge in [0.1, 0.15) is 0 Å². The Morgan fingerprint density at radius 3 is 0.808 bits per heavy atom. The monoisotopic (exact) mass is 812 g/mol. The summed E-state index contributed by atoms with van der Waals surface area (Å²) < 4.78 is 0. The summed E-state index contributed by atoms with van der Waals surface area (Å²) in [4.78, 5) is 0. The molecule has 0 fully saturated rings. The van der Waals surface area contributed by atoms with Gasteiger partial charge >= 0.3 is 0 Å². The molecule has 0 nitrogen and oxygen atoms in total. The van der Waals surface area contributed by atoms with Crippen molar-refractivity contribution in [3.8, 4) is 0 Å². The molecule has 0 amide bonds. The SMILES string of the molecule is CC1=CC(C)([Si](c2cccc([Si](C)(C)C)c2[Si](C)(C)C)(c2cccc([Si](C)(C)C)c2[Si](C)(C)C)c2cccc([Si](C)(C)C)c2[Si](C)(C)C)C(C)=C1C. The molecule has 0 aliphatic heterocycles. The average Bonchev–Trinajstić information content (AvgIpc) is 3.16. The first-order chi connectivity index (χ1) is 23.2. The Balaban J connectivity index is 2.68. The van der Waals surface area contributed by atoms with Gasteiger partial charge in [0.25, 0.3) is 0 Å². The van der Waals surface area contributed by atoms with Crippen LogP contribution in [-0.4, -0.2) is 56.5 Å². The van der Waals surface area contributed by atoms with Gasteiger partial charge in [-0.25, -0.2) is 0 Å². The standard InChI is InChI=1S/C45H76Si7/c1-33-32-45(4,35(3)34(33)2)52(39-29-23-26-36(46(5,6)7)42(39)49(14,15)16,40-30-24-27-37(47(8,9)10)43(40)50(17,18)19)41-31-25-28-38(48(11,12)13)44(41)51(20,21)22/h23-32H,1-22H3. The summed E-state index contributed by atoms with van der Waals surface area (Å²) in [5.41, 5.74) is 4.61. The highest BCUT2D eigenvalue weighted by molar-refractivity contribution is 7.22. The summed E-state index contributed by atoms with van der Waals surface area (Å²) in [6.45, 7) is 57.5. The molecule has 52 heavy (non-hydrogen) atoms. The smallest absolute Gasteiger partial charge is 0.0730 e. The molecule has 0 saturated carbocycles. The molecule has 284 valence electrons. The average molecular weight is 814 g/mol. The van der Waals surface area contributed by atoms with Crippen molar-refractivity contribution < 1.29 is 0 Å². The highest BCUT2D eigenvalue weighted by Crippen LogP contribution is 2.52. The summed E-state index contributed by atoms with van der Waals surface area (Å²) in [6.07, 6.45) is 2.81. The third-order valence-electron chi connectivity index (χ3n) is 12.3. The van der Waals surface area contributed by atoms with E-state index in [1.54, 1.807) is 52.3 Å². The first-order valence-corrected chi connectivity index (χ1v) is 43.1. The van der Waals surface area contributed by atoms with Crippen LogP contribution < -0.4 is 46.7 Å². The fraction of sp³-hybridized carbons (Fsp3) is 0.511. The van der Waals surface area contributed by atoms with Crippen molar-refractivity contribution in [3.05, 3.63) is 77.4 Å². The summed E-state index contributed by atoms with van der Waals surface area (Å²) in [7, 11) is -13.9. The Morgan fingerprint density at radius 2 is 0.615 bits per heavy atom. The Labute approximate surface area is 329 Å². The summed E-state index contributed by atoms with van der Waals surface area (Å²) in [6, 6.07) is 23.4. The highest BCUT2D eigenvalue weighted by Gasteiger charge is 2.60. The van der Waals surface area contributed by atoms with Gasteiger partial charge in [-0.3, -0.25) is 0 Å². The normalized spacial score (nSPS) is 18.3. The summed E-state index contributed by atoms with van der Waals surface area (Å²) in [5.74, 6) is 0. The van der Waals surface area contributed by atoms with E-state index in [-0.39, 0.29) is 5.04 Å². The molecule has 0 bridgehead atoms. The molecule has 3 aromatic rings. The fourth-order valence-electron chi connectivity index (χ4n) is 9.89. The number of benzene rings is 3. The Bertz CT molecular complexity index is 1740. The van der Waals surface area contributed by atoms with Crippen LogP contribution in [0.15, 0.2) is 77.4 Å². The van der Waals surface area contributed by atoms with Crippen molar-refractivity contribution in [1.29, 1.82) is 0 Å². The second-order valence-electron chi connectivity index (χ2n) is 22.7. The van der Waals surface area contributed by atoms with Crippen LogP contribution in [0.5, 0.6) is 0 Å². The van der Waals surface area contributed by atoms with Crippen LogP contribution in [0.1, 0.15) is 27.7 Å². The first-order valence-electron chi connectivity index (χ1n) is 20.1. The maximum atomic E-state index is 2.81. The van der Waals surface area contributed by atoms with Crippen LogP contribution in [0.4, 0.5) is 0 Å². The number of hydrogen-bond acceptors (Lipinski definition) is 0. The Hall–Kier alpha value is -1.34. The van der Waals surface area contributed by atoms with Crippen molar-refractivity contribution in [1.82, 2.24) is 0 Å². The van der Waals surface area contributed by atoms with E-state index in [0.29, 0.717) is 0 Å². The van der Waals surface area contributed by atoms with Gasteiger partial charge in [-0.15, -0.1) is 0 Å². The van der Waals surface area contributed by atoms with E-state index < -0.39 is 56.5 Å². The zero-order valence-corrected chi connectivity index (χ0v) is 44.8. The topological polar surface area (TPSA) is 0 Å². The molecule has 0 heterocycles. The van der Waals surface area contributed by atoms with Crippen LogP contribution in [0.2, 0.25) is 123 Å². The van der Waals surface area contributed by atoms with Gasteiger partial charge in [-0.2, -0.15) is 0 Å². The quantitative estimate of drug-likeness (QED) is 0.143. The Kier molecular flexibility index (Phi) is 11.4. The number of hydrogen-bond donors (Lipinski definition) is 0. The second-order valence-corrected chi connectivity index (χ2v) is 57.0. The van der Waals surface area contributed by atoms with Crippen LogP contribution in [0, 0.1) is 0 Å². The summed E-state index contributed by atoms with van der Waals surface area (Å²) >= 11 is 0. The van der Waals surface area contributed by atoms with Crippen molar-refractivity contribution >= 4 is 103 Å². The molecule has 0 N–H and O–H groups in total. The minimum atomic E-state index is -3.02. The van der Waals surface area contributed by atoms with Gasteiger partial charge in [0.15, 0.2) is 8.07 Å². The largest absolute Gasteiger partial charge is 0.161 e. The number of allylic oxidation sites excluding steroid dienone is 4. The van der Waals surface area contributed by atoms with Gasteiger partial charge in [0.05, 0.1) is 48.4 Å². The molecule has 7 heteroatoms. The molecule has 0 saturated heterocycles. The van der Waals surface area contributed by atoms with Gasteiger partial charge in [-0.05, 0) is 41.9 Å². The molecule has 0 aromatic heterocycles. The lowest BCUT2D eigenvalue weighted by atomic mass is 10.0. The van der Waals surface area contributed by atoms with Crippen molar-refractivity contribution in [2.75, 3.05) is 0 Å². The second kappa shape index (κ2) is 13.7. The third-order valence-corrected chi connectivity index (χ3v) is 31.8. The molecule has 0 radical (unpaired) electrons. The minimum absolute atomic E-state index is 0.132. The predicted octanol–water partition coefficient (Wildman–Crippen LogP) is 8.48. The van der Waals surface area contributed by atoms with Crippen molar-refractivity contribution in [3.63, 3.8) is 0 Å². The van der Waals surface area contributed by atoms with E-state index in [9.17, 15) is 0 Å². The molecule has 1 atom stereocenters. The molecule has 1 unspecified atom stereocenters. The summed E-state index contributed by atoms with van der Waals surface area (Å²) in [5, 5.41) is 15.7.